The van der Waals surface area contributed by atoms with Crippen LogP contribution in [0.15, 0.2) is 24.3 Å². The van der Waals surface area contributed by atoms with Crippen LogP contribution in [-0.2, 0) is 14.3 Å². The Labute approximate surface area is 148 Å². The lowest BCUT2D eigenvalue weighted by atomic mass is 9.76. The van der Waals surface area contributed by atoms with Gasteiger partial charge in [-0.2, -0.15) is 0 Å². The maximum absolute atomic E-state index is 12.2. The van der Waals surface area contributed by atoms with Crippen molar-refractivity contribution in [3.63, 3.8) is 0 Å². The Balaban J connectivity index is 1.73. The Kier molecular flexibility index (Phi) is 6.14. The van der Waals surface area contributed by atoms with Crippen molar-refractivity contribution in [1.82, 2.24) is 5.32 Å². The lowest BCUT2D eigenvalue weighted by molar-refractivity contribution is -0.133. The van der Waals surface area contributed by atoms with Crippen molar-refractivity contribution >= 4 is 17.5 Å². The van der Waals surface area contributed by atoms with Gasteiger partial charge in [0, 0.05) is 30.5 Å². The normalized spacial score (nSPS) is 29.8. The standard InChI is InChI=1S/C19H26ClNO3/c1-23-10-9-19(22)21-16-12-18(13-5-4-6-14(20)11-13)24-17-8-3-2-7-15(16)17/h4-6,11,15-18H,2-3,7-10,12H2,1H3,(H,21,22)/t15-,16+,17+,18+/m0/s1. The average Bonchev–Trinajstić information content (AvgIpc) is 2.60. The van der Waals surface area contributed by atoms with Crippen molar-refractivity contribution in [2.75, 3.05) is 13.7 Å². The fourth-order valence-electron chi connectivity index (χ4n) is 3.99. The molecule has 1 N–H and O–H groups in total. The fraction of sp³-hybridized carbons (Fsp3) is 0.632. The summed E-state index contributed by atoms with van der Waals surface area (Å²) in [5, 5.41) is 3.96. The third-order valence-corrected chi connectivity index (χ3v) is 5.41. The summed E-state index contributed by atoms with van der Waals surface area (Å²) in [6, 6.07) is 8.03. The van der Waals surface area contributed by atoms with Crippen molar-refractivity contribution in [3.8, 4) is 0 Å². The summed E-state index contributed by atoms with van der Waals surface area (Å²) in [7, 11) is 1.62. The van der Waals surface area contributed by atoms with Crippen LogP contribution in [0.5, 0.6) is 0 Å². The third kappa shape index (κ3) is 4.29. The van der Waals surface area contributed by atoms with Gasteiger partial charge in [0.25, 0.3) is 0 Å². The minimum Gasteiger partial charge on any atom is -0.384 e. The summed E-state index contributed by atoms with van der Waals surface area (Å²) in [4.78, 5) is 12.2. The molecule has 2 fully saturated rings. The fourth-order valence-corrected chi connectivity index (χ4v) is 4.19. The molecule has 1 amide bonds. The number of halogens is 1. The molecule has 0 bridgehead atoms. The van der Waals surface area contributed by atoms with Crippen LogP contribution in [-0.4, -0.2) is 31.8 Å². The topological polar surface area (TPSA) is 47.6 Å². The smallest absolute Gasteiger partial charge is 0.222 e. The first-order valence-corrected chi connectivity index (χ1v) is 9.24. The first-order valence-electron chi connectivity index (χ1n) is 8.86. The molecule has 4 atom stereocenters. The van der Waals surface area contributed by atoms with Crippen molar-refractivity contribution in [1.29, 1.82) is 0 Å². The van der Waals surface area contributed by atoms with Gasteiger partial charge >= 0.3 is 0 Å². The van der Waals surface area contributed by atoms with E-state index < -0.39 is 0 Å². The maximum Gasteiger partial charge on any atom is 0.222 e. The highest BCUT2D eigenvalue weighted by molar-refractivity contribution is 6.30. The monoisotopic (exact) mass is 351 g/mol. The number of amides is 1. The zero-order valence-corrected chi connectivity index (χ0v) is 14.9. The molecule has 0 aromatic heterocycles. The second kappa shape index (κ2) is 8.32. The lowest BCUT2D eigenvalue weighted by Crippen LogP contribution is -2.51. The summed E-state index contributed by atoms with van der Waals surface area (Å²) in [5.41, 5.74) is 1.10. The third-order valence-electron chi connectivity index (χ3n) is 5.18. The molecule has 1 aliphatic heterocycles. The molecule has 4 nitrogen and oxygen atoms in total. The molecular weight excluding hydrogens is 326 g/mol. The first kappa shape index (κ1) is 17.7. The van der Waals surface area contributed by atoms with Crippen LogP contribution in [0.4, 0.5) is 0 Å². The van der Waals surface area contributed by atoms with E-state index in [1.807, 2.05) is 18.2 Å². The Morgan fingerprint density at radius 2 is 2.21 bits per heavy atom. The number of rotatable bonds is 5. The lowest BCUT2D eigenvalue weighted by Gasteiger charge is -2.45. The Hall–Kier alpha value is -1.10. The number of methoxy groups -OCH3 is 1. The molecule has 1 heterocycles. The van der Waals surface area contributed by atoms with Gasteiger partial charge in [-0.1, -0.05) is 36.6 Å². The average molecular weight is 352 g/mol. The van der Waals surface area contributed by atoms with E-state index in [4.69, 9.17) is 21.1 Å². The van der Waals surface area contributed by atoms with Crippen molar-refractivity contribution in [2.45, 2.75) is 56.8 Å². The molecule has 1 saturated carbocycles. The predicted octanol–water partition coefficient (Wildman–Crippen LogP) is 3.88. The van der Waals surface area contributed by atoms with E-state index in [-0.39, 0.29) is 24.2 Å². The summed E-state index contributed by atoms with van der Waals surface area (Å²) in [6.45, 7) is 0.459. The number of benzene rings is 1. The minimum absolute atomic E-state index is 0.00391. The number of hydrogen-bond acceptors (Lipinski definition) is 3. The molecule has 1 aliphatic carbocycles. The largest absolute Gasteiger partial charge is 0.384 e. The van der Waals surface area contributed by atoms with Gasteiger partial charge < -0.3 is 14.8 Å². The highest BCUT2D eigenvalue weighted by Gasteiger charge is 2.40. The highest BCUT2D eigenvalue weighted by atomic mass is 35.5. The summed E-state index contributed by atoms with van der Waals surface area (Å²) in [5.74, 6) is 0.485. The first-order chi connectivity index (χ1) is 11.7. The van der Waals surface area contributed by atoms with E-state index >= 15 is 0 Å². The van der Waals surface area contributed by atoms with Gasteiger partial charge in [-0.15, -0.1) is 0 Å². The Morgan fingerprint density at radius 3 is 3.00 bits per heavy atom. The van der Waals surface area contributed by atoms with Gasteiger partial charge in [0.05, 0.1) is 18.8 Å². The van der Waals surface area contributed by atoms with Gasteiger partial charge in [0.2, 0.25) is 5.91 Å². The van der Waals surface area contributed by atoms with Crippen molar-refractivity contribution in [3.05, 3.63) is 34.9 Å². The zero-order valence-electron chi connectivity index (χ0n) is 14.2. The molecule has 24 heavy (non-hydrogen) atoms. The van der Waals surface area contributed by atoms with Gasteiger partial charge in [-0.3, -0.25) is 4.79 Å². The molecule has 0 unspecified atom stereocenters. The van der Waals surface area contributed by atoms with Crippen LogP contribution in [0.25, 0.3) is 0 Å². The zero-order chi connectivity index (χ0) is 16.9. The summed E-state index contributed by atoms with van der Waals surface area (Å²) < 4.78 is 11.4. The second-order valence-electron chi connectivity index (χ2n) is 6.82. The van der Waals surface area contributed by atoms with Gasteiger partial charge in [0.1, 0.15) is 0 Å². The van der Waals surface area contributed by atoms with E-state index in [2.05, 4.69) is 11.4 Å². The van der Waals surface area contributed by atoms with Crippen LogP contribution >= 0.6 is 11.6 Å². The van der Waals surface area contributed by atoms with Gasteiger partial charge in [0.15, 0.2) is 0 Å². The SMILES string of the molecule is COCCC(=O)N[C@@H]1C[C@H](c2cccc(Cl)c2)O[C@@H]2CCCC[C@@H]12. The van der Waals surface area contributed by atoms with Crippen molar-refractivity contribution in [2.24, 2.45) is 5.92 Å². The molecule has 1 aromatic carbocycles. The quantitative estimate of drug-likeness (QED) is 0.875. The molecule has 1 aromatic rings. The van der Waals surface area contributed by atoms with Crippen LogP contribution in [0.1, 0.15) is 50.2 Å². The predicted molar refractivity (Wildman–Crippen MR) is 94.1 cm³/mol. The van der Waals surface area contributed by atoms with E-state index in [0.717, 1.165) is 29.8 Å². The molecule has 3 rings (SSSR count). The molecule has 2 aliphatic rings. The number of nitrogens with one attached hydrogen (secondary N) is 1. The number of hydrogen-bond donors (Lipinski definition) is 1. The maximum atomic E-state index is 12.2. The van der Waals surface area contributed by atoms with Gasteiger partial charge in [-0.05, 0) is 37.0 Å². The summed E-state index contributed by atoms with van der Waals surface area (Å²) >= 11 is 6.14. The number of carbonyl (C=O) groups excluding carboxylic acids is 1. The van der Waals surface area contributed by atoms with Gasteiger partial charge in [-0.25, -0.2) is 0 Å². The molecule has 0 spiro atoms. The number of carbonyl (C=O) groups is 1. The van der Waals surface area contributed by atoms with E-state index in [0.29, 0.717) is 18.9 Å². The van der Waals surface area contributed by atoms with Crippen LogP contribution in [0.2, 0.25) is 5.02 Å². The van der Waals surface area contributed by atoms with Crippen LogP contribution < -0.4 is 5.32 Å². The second-order valence-corrected chi connectivity index (χ2v) is 7.26. The van der Waals surface area contributed by atoms with Crippen LogP contribution in [0.3, 0.4) is 0 Å². The number of ether oxygens (including phenoxy) is 2. The molecule has 1 saturated heterocycles. The van der Waals surface area contributed by atoms with Crippen LogP contribution in [0, 0.1) is 5.92 Å². The van der Waals surface area contributed by atoms with E-state index in [9.17, 15) is 4.79 Å². The highest BCUT2D eigenvalue weighted by Crippen LogP contribution is 2.41. The minimum atomic E-state index is -0.00391. The molecule has 132 valence electrons. The van der Waals surface area contributed by atoms with E-state index in [1.54, 1.807) is 7.11 Å². The molecule has 5 heteroatoms. The molecule has 0 radical (unpaired) electrons. The number of fused-ring (bicyclic) bond motifs is 1. The molecular formula is C19H26ClNO3. The van der Waals surface area contributed by atoms with Crippen molar-refractivity contribution < 1.29 is 14.3 Å². The van der Waals surface area contributed by atoms with E-state index in [1.165, 1.54) is 12.8 Å². The Bertz CT molecular complexity index is 565. The summed E-state index contributed by atoms with van der Waals surface area (Å²) in [6.07, 6.45) is 6.06. The Morgan fingerprint density at radius 1 is 1.38 bits per heavy atom.